The number of carbonyl (C=O) groups is 2. The number of thioether (sulfide) groups is 1. The predicted molar refractivity (Wildman–Crippen MR) is 79.7 cm³/mol. The number of carboxylic acids is 1. The smallest absolute Gasteiger partial charge is 0.355 e. The van der Waals surface area contributed by atoms with E-state index in [4.69, 9.17) is 5.11 Å². The third-order valence-electron chi connectivity index (χ3n) is 3.01. The lowest BCUT2D eigenvalue weighted by molar-refractivity contribution is 0.0691. The van der Waals surface area contributed by atoms with Crippen LogP contribution in [0.15, 0.2) is 5.38 Å². The fourth-order valence-corrected chi connectivity index (χ4v) is 3.72. The summed E-state index contributed by atoms with van der Waals surface area (Å²) in [4.78, 5) is 28.5. The highest BCUT2D eigenvalue weighted by Gasteiger charge is 2.23. The van der Waals surface area contributed by atoms with Gasteiger partial charge in [-0.15, -0.1) is 11.3 Å². The van der Waals surface area contributed by atoms with Gasteiger partial charge in [0.25, 0.3) is 0 Å². The van der Waals surface area contributed by atoms with E-state index in [1.54, 1.807) is 0 Å². The van der Waals surface area contributed by atoms with Gasteiger partial charge in [-0.05, 0) is 6.92 Å². The lowest BCUT2D eigenvalue weighted by Crippen LogP contribution is -2.49. The van der Waals surface area contributed by atoms with Crippen molar-refractivity contribution in [2.45, 2.75) is 19.4 Å². The molecule has 2 rings (SSSR count). The molecule has 0 aliphatic carbocycles. The first-order chi connectivity index (χ1) is 9.58. The zero-order valence-electron chi connectivity index (χ0n) is 11.2. The van der Waals surface area contributed by atoms with E-state index >= 15 is 0 Å². The Labute approximate surface area is 125 Å². The molecule has 20 heavy (non-hydrogen) atoms. The maximum atomic E-state index is 12.0. The lowest BCUT2D eigenvalue weighted by atomic mass is 10.3. The van der Waals surface area contributed by atoms with Gasteiger partial charge in [0.05, 0.1) is 5.01 Å². The summed E-state index contributed by atoms with van der Waals surface area (Å²) in [5.74, 6) is 0.935. The molecule has 1 fully saturated rings. The van der Waals surface area contributed by atoms with E-state index in [2.05, 4.69) is 10.3 Å². The highest BCUT2D eigenvalue weighted by atomic mass is 32.2. The van der Waals surface area contributed by atoms with Crippen molar-refractivity contribution in [3.05, 3.63) is 16.1 Å². The van der Waals surface area contributed by atoms with Gasteiger partial charge in [0, 0.05) is 42.4 Å². The first-order valence-corrected chi connectivity index (χ1v) is 8.41. The third kappa shape index (κ3) is 3.86. The number of aromatic carboxylic acids is 1. The van der Waals surface area contributed by atoms with E-state index in [9.17, 15) is 9.59 Å². The predicted octanol–water partition coefficient (Wildman–Crippen LogP) is 1.53. The van der Waals surface area contributed by atoms with Crippen LogP contribution in [0.4, 0.5) is 4.79 Å². The molecule has 1 aliphatic heterocycles. The van der Waals surface area contributed by atoms with Crippen LogP contribution in [-0.4, -0.2) is 57.6 Å². The van der Waals surface area contributed by atoms with Crippen LogP contribution in [0.25, 0.3) is 0 Å². The van der Waals surface area contributed by atoms with E-state index in [1.165, 1.54) is 16.7 Å². The van der Waals surface area contributed by atoms with Gasteiger partial charge in [-0.2, -0.15) is 11.8 Å². The van der Waals surface area contributed by atoms with Gasteiger partial charge in [-0.25, -0.2) is 14.6 Å². The second kappa shape index (κ2) is 6.94. The first-order valence-electron chi connectivity index (χ1n) is 6.38. The van der Waals surface area contributed by atoms with E-state index < -0.39 is 5.97 Å². The molecule has 1 saturated heterocycles. The normalized spacial score (nSPS) is 18.9. The summed E-state index contributed by atoms with van der Waals surface area (Å²) in [6, 6.07) is 0.208. The summed E-state index contributed by atoms with van der Waals surface area (Å²) in [5, 5.41) is 13.9. The molecule has 2 amide bonds. The van der Waals surface area contributed by atoms with Crippen molar-refractivity contribution >= 4 is 35.1 Å². The van der Waals surface area contributed by atoms with Crippen LogP contribution in [0.3, 0.4) is 0 Å². The topological polar surface area (TPSA) is 82.5 Å². The maximum Gasteiger partial charge on any atom is 0.355 e. The first kappa shape index (κ1) is 15.1. The molecular formula is C12H17N3O3S2. The van der Waals surface area contributed by atoms with Gasteiger partial charge in [0.1, 0.15) is 0 Å². The standard InChI is InChI=1S/C12H17N3O3S2/c1-8-6-19-5-4-15(8)12(18)13-3-2-10-14-9(7-20-10)11(16)17/h7-8H,2-6H2,1H3,(H,13,18)(H,16,17). The Balaban J connectivity index is 1.77. The van der Waals surface area contributed by atoms with E-state index in [1.807, 2.05) is 23.6 Å². The molecule has 0 bridgehead atoms. The minimum absolute atomic E-state index is 0.0483. The molecule has 1 aromatic heterocycles. The van der Waals surface area contributed by atoms with Crippen LogP contribution in [0, 0.1) is 0 Å². The number of hydrogen-bond donors (Lipinski definition) is 2. The van der Waals surface area contributed by atoms with E-state index in [0.29, 0.717) is 13.0 Å². The van der Waals surface area contributed by atoms with Crippen LogP contribution >= 0.6 is 23.1 Å². The van der Waals surface area contributed by atoms with Crippen LogP contribution in [-0.2, 0) is 6.42 Å². The minimum Gasteiger partial charge on any atom is -0.476 e. The van der Waals surface area contributed by atoms with Gasteiger partial charge in [0.2, 0.25) is 0 Å². The van der Waals surface area contributed by atoms with Crippen molar-refractivity contribution < 1.29 is 14.7 Å². The molecule has 0 saturated carbocycles. The van der Waals surface area contributed by atoms with Crippen molar-refractivity contribution in [2.24, 2.45) is 0 Å². The number of amides is 2. The maximum absolute atomic E-state index is 12.0. The SMILES string of the molecule is CC1CSCCN1C(=O)NCCc1nc(C(=O)O)cs1. The number of aromatic nitrogens is 1. The fourth-order valence-electron chi connectivity index (χ4n) is 1.93. The summed E-state index contributed by atoms with van der Waals surface area (Å²) in [5.41, 5.74) is 0.0676. The van der Waals surface area contributed by atoms with Gasteiger partial charge in [-0.1, -0.05) is 0 Å². The largest absolute Gasteiger partial charge is 0.476 e. The van der Waals surface area contributed by atoms with Crippen molar-refractivity contribution in [3.8, 4) is 0 Å². The monoisotopic (exact) mass is 315 g/mol. The number of hydrogen-bond acceptors (Lipinski definition) is 5. The molecule has 8 heteroatoms. The number of nitrogens with zero attached hydrogens (tertiary/aromatic N) is 2. The number of rotatable bonds is 4. The third-order valence-corrected chi connectivity index (χ3v) is 5.11. The molecule has 1 unspecified atom stereocenters. The number of carboxylic acid groups (broad SMARTS) is 1. The number of thiazole rings is 1. The number of carbonyl (C=O) groups excluding carboxylic acids is 1. The second-order valence-electron chi connectivity index (χ2n) is 4.53. The molecule has 0 spiro atoms. The Bertz CT molecular complexity index is 492. The summed E-state index contributed by atoms with van der Waals surface area (Å²) in [6.07, 6.45) is 0.556. The Kier molecular flexibility index (Phi) is 5.24. The molecule has 1 aliphatic rings. The average Bonchev–Trinajstić information content (AvgIpc) is 2.88. The summed E-state index contributed by atoms with van der Waals surface area (Å²) in [7, 11) is 0. The van der Waals surface area contributed by atoms with E-state index in [-0.39, 0.29) is 17.8 Å². The summed E-state index contributed by atoms with van der Waals surface area (Å²) < 4.78 is 0. The quantitative estimate of drug-likeness (QED) is 0.880. The second-order valence-corrected chi connectivity index (χ2v) is 6.62. The summed E-state index contributed by atoms with van der Waals surface area (Å²) in [6.45, 7) is 3.30. The van der Waals surface area contributed by atoms with Crippen molar-refractivity contribution in [1.82, 2.24) is 15.2 Å². The van der Waals surface area contributed by atoms with Crippen LogP contribution in [0.1, 0.15) is 22.4 Å². The molecule has 1 atom stereocenters. The molecule has 2 heterocycles. The zero-order valence-corrected chi connectivity index (χ0v) is 12.8. The molecule has 0 radical (unpaired) electrons. The Morgan fingerprint density at radius 2 is 2.40 bits per heavy atom. The average molecular weight is 315 g/mol. The van der Waals surface area contributed by atoms with Crippen LogP contribution in [0.5, 0.6) is 0 Å². The van der Waals surface area contributed by atoms with Crippen molar-refractivity contribution in [3.63, 3.8) is 0 Å². The van der Waals surface area contributed by atoms with Crippen molar-refractivity contribution in [2.75, 3.05) is 24.6 Å². The zero-order chi connectivity index (χ0) is 14.5. The highest BCUT2D eigenvalue weighted by molar-refractivity contribution is 7.99. The number of urea groups is 1. The van der Waals surface area contributed by atoms with Crippen molar-refractivity contribution in [1.29, 1.82) is 0 Å². The van der Waals surface area contributed by atoms with Gasteiger partial charge >= 0.3 is 12.0 Å². The Hall–Kier alpha value is -1.28. The summed E-state index contributed by atoms with van der Waals surface area (Å²) >= 11 is 3.17. The molecule has 2 N–H and O–H groups in total. The van der Waals surface area contributed by atoms with Crippen LogP contribution < -0.4 is 5.32 Å². The molecule has 0 aromatic carbocycles. The number of nitrogens with one attached hydrogen (secondary N) is 1. The van der Waals surface area contributed by atoms with Gasteiger partial charge in [0.15, 0.2) is 5.69 Å². The minimum atomic E-state index is -1.02. The fraction of sp³-hybridized carbons (Fsp3) is 0.583. The van der Waals surface area contributed by atoms with Gasteiger partial charge < -0.3 is 15.3 Å². The molecular weight excluding hydrogens is 298 g/mol. The van der Waals surface area contributed by atoms with Crippen LogP contribution in [0.2, 0.25) is 0 Å². The molecule has 110 valence electrons. The highest BCUT2D eigenvalue weighted by Crippen LogP contribution is 2.16. The lowest BCUT2D eigenvalue weighted by Gasteiger charge is -2.32. The Morgan fingerprint density at radius 1 is 1.60 bits per heavy atom. The van der Waals surface area contributed by atoms with Gasteiger partial charge in [-0.3, -0.25) is 0 Å². The van der Waals surface area contributed by atoms with E-state index in [0.717, 1.165) is 23.1 Å². The Morgan fingerprint density at radius 3 is 3.05 bits per heavy atom. The molecule has 6 nitrogen and oxygen atoms in total. The molecule has 1 aromatic rings.